The lowest BCUT2D eigenvalue weighted by atomic mass is 9.86. The number of hydrogen-bond donors (Lipinski definition) is 1. The van der Waals surface area contributed by atoms with E-state index >= 15 is 0 Å². The van der Waals surface area contributed by atoms with E-state index in [-0.39, 0.29) is 5.69 Å². The normalized spacial score (nSPS) is 13.8. The molecule has 1 heterocycles. The molecule has 5 heteroatoms. The van der Waals surface area contributed by atoms with Crippen molar-refractivity contribution in [1.29, 1.82) is 0 Å². The van der Waals surface area contributed by atoms with Gasteiger partial charge in [0.1, 0.15) is 11.4 Å². The molecule has 1 aromatic heterocycles. The van der Waals surface area contributed by atoms with Gasteiger partial charge in [0, 0.05) is 15.6 Å². The minimum atomic E-state index is -1.04. The highest BCUT2D eigenvalue weighted by Crippen LogP contribution is 2.39. The first-order valence-electron chi connectivity index (χ1n) is 9.34. The van der Waals surface area contributed by atoms with Crippen LogP contribution in [-0.4, -0.2) is 22.7 Å². The number of aromatic carboxylic acids is 1. The van der Waals surface area contributed by atoms with Gasteiger partial charge in [0.05, 0.1) is 12.3 Å². The van der Waals surface area contributed by atoms with Crippen LogP contribution in [0.4, 0.5) is 0 Å². The van der Waals surface area contributed by atoms with Crippen LogP contribution in [0.2, 0.25) is 0 Å². The van der Waals surface area contributed by atoms with Crippen LogP contribution < -0.4 is 4.74 Å². The van der Waals surface area contributed by atoms with Gasteiger partial charge < -0.3 is 9.84 Å². The Morgan fingerprint density at radius 1 is 1.04 bits per heavy atom. The monoisotopic (exact) mass is 437 g/mol. The second-order valence-electron chi connectivity index (χ2n) is 7.01. The number of halogens is 1. The third-order valence-electron chi connectivity index (χ3n) is 5.10. The molecule has 142 valence electrons. The van der Waals surface area contributed by atoms with Crippen molar-refractivity contribution in [3.05, 3.63) is 70.8 Å². The minimum absolute atomic E-state index is 0.0306. The molecular weight excluding hydrogens is 418 g/mol. The maximum atomic E-state index is 11.3. The van der Waals surface area contributed by atoms with Gasteiger partial charge in [0.2, 0.25) is 0 Å². The fraction of sp³-hybridized carbons (Fsp3) is 0.217. The van der Waals surface area contributed by atoms with E-state index in [1.54, 1.807) is 6.07 Å². The van der Waals surface area contributed by atoms with Crippen molar-refractivity contribution in [3.8, 4) is 28.1 Å². The molecule has 28 heavy (non-hydrogen) atoms. The lowest BCUT2D eigenvalue weighted by Crippen LogP contribution is -2.19. The molecule has 3 aromatic rings. The van der Waals surface area contributed by atoms with Crippen LogP contribution >= 0.6 is 15.9 Å². The topological polar surface area (TPSA) is 59.4 Å². The Bertz CT molecular complexity index is 1010. The molecule has 4 nitrogen and oxygen atoms in total. The molecule has 1 aliphatic carbocycles. The molecule has 4 rings (SSSR count). The Hall–Kier alpha value is -2.66. The summed E-state index contributed by atoms with van der Waals surface area (Å²) in [5.74, 6) is 0.434. The maximum Gasteiger partial charge on any atom is 0.354 e. The van der Waals surface area contributed by atoms with Gasteiger partial charge in [-0.05, 0) is 54.7 Å². The highest BCUT2D eigenvalue weighted by Gasteiger charge is 2.20. The minimum Gasteiger partial charge on any atom is -0.493 e. The van der Waals surface area contributed by atoms with Gasteiger partial charge in [-0.3, -0.25) is 0 Å². The van der Waals surface area contributed by atoms with Crippen LogP contribution in [-0.2, 0) is 0 Å². The Balaban J connectivity index is 1.77. The molecule has 0 radical (unpaired) electrons. The maximum absolute atomic E-state index is 11.3. The van der Waals surface area contributed by atoms with Crippen LogP contribution in [0.25, 0.3) is 22.4 Å². The lowest BCUT2D eigenvalue weighted by Gasteiger charge is -2.26. The van der Waals surface area contributed by atoms with E-state index in [0.29, 0.717) is 11.6 Å². The van der Waals surface area contributed by atoms with E-state index in [1.807, 2.05) is 48.5 Å². The van der Waals surface area contributed by atoms with Crippen LogP contribution in [0.3, 0.4) is 0 Å². The Morgan fingerprint density at radius 3 is 2.54 bits per heavy atom. The highest BCUT2D eigenvalue weighted by molar-refractivity contribution is 9.10. The number of ether oxygens (including phenoxy) is 1. The van der Waals surface area contributed by atoms with E-state index in [1.165, 1.54) is 25.3 Å². The Kier molecular flexibility index (Phi) is 5.44. The van der Waals surface area contributed by atoms with Crippen LogP contribution in [0.15, 0.2) is 65.1 Å². The number of aromatic nitrogens is 1. The van der Waals surface area contributed by atoms with Gasteiger partial charge in [-0.25, -0.2) is 9.78 Å². The molecule has 1 saturated carbocycles. The smallest absolute Gasteiger partial charge is 0.354 e. The summed E-state index contributed by atoms with van der Waals surface area (Å²) in [4.78, 5) is 15.7. The summed E-state index contributed by atoms with van der Waals surface area (Å²) in [6.45, 7) is 0.726. The second-order valence-corrected chi connectivity index (χ2v) is 7.92. The average molecular weight is 438 g/mol. The van der Waals surface area contributed by atoms with Crippen LogP contribution in [0, 0.1) is 5.92 Å². The van der Waals surface area contributed by atoms with E-state index in [4.69, 9.17) is 4.74 Å². The fourth-order valence-electron chi connectivity index (χ4n) is 3.35. The van der Waals surface area contributed by atoms with Crippen molar-refractivity contribution < 1.29 is 14.6 Å². The van der Waals surface area contributed by atoms with E-state index in [0.717, 1.165) is 33.5 Å². The number of carbonyl (C=O) groups is 1. The molecule has 1 fully saturated rings. The number of benzene rings is 2. The molecule has 0 amide bonds. The summed E-state index contributed by atoms with van der Waals surface area (Å²) in [6, 6.07) is 18.9. The molecule has 0 saturated heterocycles. The molecule has 1 aliphatic rings. The van der Waals surface area contributed by atoms with Crippen molar-refractivity contribution in [1.82, 2.24) is 4.98 Å². The van der Waals surface area contributed by atoms with Crippen LogP contribution in [0.5, 0.6) is 5.75 Å². The van der Waals surface area contributed by atoms with Crippen LogP contribution in [0.1, 0.15) is 29.8 Å². The SMILES string of the molecule is O=C(O)c1cccc(-c2ccccc2-c2cc(Br)ccc2OCC2CCC2)n1. The van der Waals surface area contributed by atoms with Crippen molar-refractivity contribution in [2.24, 2.45) is 5.92 Å². The van der Waals surface area contributed by atoms with Crippen molar-refractivity contribution in [3.63, 3.8) is 0 Å². The number of carboxylic acid groups (broad SMARTS) is 1. The largest absolute Gasteiger partial charge is 0.493 e. The van der Waals surface area contributed by atoms with Gasteiger partial charge in [0.15, 0.2) is 0 Å². The zero-order chi connectivity index (χ0) is 19.5. The molecule has 0 bridgehead atoms. The molecular formula is C23H20BrNO3. The predicted molar refractivity (Wildman–Crippen MR) is 113 cm³/mol. The second kappa shape index (κ2) is 8.15. The first kappa shape index (κ1) is 18.7. The fourth-order valence-corrected chi connectivity index (χ4v) is 3.71. The number of carboxylic acids is 1. The summed E-state index contributed by atoms with van der Waals surface area (Å²) < 4.78 is 7.13. The number of nitrogens with zero attached hydrogens (tertiary/aromatic N) is 1. The van der Waals surface area contributed by atoms with Gasteiger partial charge in [-0.2, -0.15) is 0 Å². The molecule has 0 spiro atoms. The first-order valence-corrected chi connectivity index (χ1v) is 10.1. The Morgan fingerprint density at radius 2 is 1.82 bits per heavy atom. The van der Waals surface area contributed by atoms with Gasteiger partial charge in [-0.15, -0.1) is 0 Å². The summed E-state index contributed by atoms with van der Waals surface area (Å²) >= 11 is 3.56. The summed E-state index contributed by atoms with van der Waals surface area (Å²) in [5.41, 5.74) is 3.45. The molecule has 2 aromatic carbocycles. The molecule has 1 N–H and O–H groups in total. The summed E-state index contributed by atoms with van der Waals surface area (Å²) in [7, 11) is 0. The lowest BCUT2D eigenvalue weighted by molar-refractivity contribution is 0.0690. The zero-order valence-electron chi connectivity index (χ0n) is 15.3. The quantitative estimate of drug-likeness (QED) is 0.509. The third kappa shape index (κ3) is 3.94. The van der Waals surface area contributed by atoms with Crippen molar-refractivity contribution in [2.75, 3.05) is 6.61 Å². The summed E-state index contributed by atoms with van der Waals surface area (Å²) in [6.07, 6.45) is 3.75. The third-order valence-corrected chi connectivity index (χ3v) is 5.60. The summed E-state index contributed by atoms with van der Waals surface area (Å²) in [5, 5.41) is 9.29. The van der Waals surface area contributed by atoms with Crippen molar-refractivity contribution in [2.45, 2.75) is 19.3 Å². The molecule has 0 atom stereocenters. The average Bonchev–Trinajstić information content (AvgIpc) is 2.68. The zero-order valence-corrected chi connectivity index (χ0v) is 16.9. The highest BCUT2D eigenvalue weighted by atomic mass is 79.9. The van der Waals surface area contributed by atoms with Gasteiger partial charge in [0.25, 0.3) is 0 Å². The van der Waals surface area contributed by atoms with Gasteiger partial charge in [-0.1, -0.05) is 52.7 Å². The Labute approximate surface area is 172 Å². The van der Waals surface area contributed by atoms with Gasteiger partial charge >= 0.3 is 5.97 Å². The van der Waals surface area contributed by atoms with E-state index < -0.39 is 5.97 Å². The predicted octanol–water partition coefficient (Wildman–Crippen LogP) is 6.06. The number of hydrogen-bond acceptors (Lipinski definition) is 3. The molecule has 0 unspecified atom stereocenters. The van der Waals surface area contributed by atoms with E-state index in [9.17, 15) is 9.90 Å². The number of rotatable bonds is 6. The standard InChI is InChI=1S/C23H20BrNO3/c24-16-11-12-22(28-14-15-5-3-6-15)19(13-16)17-7-1-2-8-18(17)20-9-4-10-21(25-20)23(26)27/h1-2,4,7-13,15H,3,5-6,14H2,(H,26,27). The van der Waals surface area contributed by atoms with Crippen molar-refractivity contribution >= 4 is 21.9 Å². The van der Waals surface area contributed by atoms with E-state index in [2.05, 4.69) is 20.9 Å². The molecule has 0 aliphatic heterocycles. The first-order chi connectivity index (χ1) is 13.6. The number of pyridine rings is 1.